The number of aromatic nitrogens is 6. The topological polar surface area (TPSA) is 129 Å². The fourth-order valence-corrected chi connectivity index (χ4v) is 5.45. The number of imidazole rings is 1. The number of nitroso groups, excluding NO2 is 1. The van der Waals surface area contributed by atoms with E-state index in [1.54, 1.807) is 0 Å². The van der Waals surface area contributed by atoms with Gasteiger partial charge < -0.3 is 15.5 Å². The lowest BCUT2D eigenvalue weighted by Crippen LogP contribution is -2.47. The van der Waals surface area contributed by atoms with Gasteiger partial charge >= 0.3 is 0 Å². The number of aryl methyl sites for hydroxylation is 2. The maximum Gasteiger partial charge on any atom is 0.214 e. The molecule has 0 bridgehead atoms. The predicted molar refractivity (Wildman–Crippen MR) is 170 cm³/mol. The maximum absolute atomic E-state index is 10.5. The molecule has 0 atom stereocenters. The Labute approximate surface area is 254 Å². The van der Waals surface area contributed by atoms with Crippen molar-refractivity contribution in [2.45, 2.75) is 20.8 Å². The van der Waals surface area contributed by atoms with Gasteiger partial charge in [-0.25, -0.2) is 24.9 Å². The Bertz CT molecular complexity index is 1780. The fraction of sp³-hybridized carbons (Fsp3) is 0.300. The van der Waals surface area contributed by atoms with Crippen molar-refractivity contribution in [2.75, 3.05) is 54.8 Å². The van der Waals surface area contributed by atoms with E-state index in [9.17, 15) is 4.91 Å². The quantitative estimate of drug-likeness (QED) is 0.208. The van der Waals surface area contributed by atoms with Crippen LogP contribution in [0.4, 0.5) is 29.1 Å². The summed E-state index contributed by atoms with van der Waals surface area (Å²) in [7, 11) is 0. The Morgan fingerprint density at radius 3 is 2.49 bits per heavy atom. The first-order chi connectivity index (χ1) is 20.9. The summed E-state index contributed by atoms with van der Waals surface area (Å²) < 4.78 is 1.97. The zero-order chi connectivity index (χ0) is 29.9. The number of piperazine rings is 1. The summed E-state index contributed by atoms with van der Waals surface area (Å²) in [6, 6.07) is 15.6. The number of fused-ring (bicyclic) bond motifs is 1. The Hall–Kier alpha value is -4.68. The number of anilines is 5. The van der Waals surface area contributed by atoms with Crippen molar-refractivity contribution in [1.29, 1.82) is 0 Å². The molecular weight excluding hydrogens is 566 g/mol. The zero-order valence-electron chi connectivity index (χ0n) is 24.2. The molecule has 2 aromatic carbocycles. The monoisotopic (exact) mass is 597 g/mol. The predicted octanol–water partition coefficient (Wildman–Crippen LogP) is 5.56. The lowest BCUT2D eigenvalue weighted by atomic mass is 10.1. The summed E-state index contributed by atoms with van der Waals surface area (Å²) in [5.74, 6) is 3.97. The number of halogens is 1. The SMILES string of the molecule is Cc1nc(Nc2cc(-n3c(Nc4c(C)ccc(Cl)c4C)nc4ccccc43)ncn2)cc(N2CCN(CCN=O)CC2)n1. The van der Waals surface area contributed by atoms with E-state index >= 15 is 0 Å². The average molecular weight is 598 g/mol. The molecule has 1 fully saturated rings. The molecule has 0 amide bonds. The van der Waals surface area contributed by atoms with Crippen LogP contribution >= 0.6 is 11.6 Å². The fourth-order valence-electron chi connectivity index (χ4n) is 5.30. The molecular formula is C30H32ClN11O. The van der Waals surface area contributed by atoms with Crippen LogP contribution in [0, 0.1) is 25.7 Å². The van der Waals surface area contributed by atoms with Crippen LogP contribution in [0.3, 0.4) is 0 Å². The van der Waals surface area contributed by atoms with Gasteiger partial charge in [-0.3, -0.25) is 9.47 Å². The average Bonchev–Trinajstić information content (AvgIpc) is 3.38. The minimum atomic E-state index is 0.313. The van der Waals surface area contributed by atoms with Crippen molar-refractivity contribution in [3.8, 4) is 5.82 Å². The molecule has 1 aliphatic heterocycles. The van der Waals surface area contributed by atoms with E-state index in [0.29, 0.717) is 47.3 Å². The first-order valence-corrected chi connectivity index (χ1v) is 14.5. The number of nitrogens with zero attached hydrogens (tertiary/aromatic N) is 9. The number of para-hydroxylation sites is 2. The Balaban J connectivity index is 1.29. The van der Waals surface area contributed by atoms with Crippen molar-refractivity contribution in [1.82, 2.24) is 34.4 Å². The lowest BCUT2D eigenvalue weighted by molar-refractivity contribution is 0.264. The van der Waals surface area contributed by atoms with Gasteiger partial charge in [0.25, 0.3) is 0 Å². The Morgan fingerprint density at radius 2 is 1.67 bits per heavy atom. The van der Waals surface area contributed by atoms with Gasteiger partial charge in [-0.05, 0) is 50.1 Å². The molecule has 43 heavy (non-hydrogen) atoms. The molecule has 0 unspecified atom stereocenters. The second kappa shape index (κ2) is 12.3. The van der Waals surface area contributed by atoms with Crippen LogP contribution in [0.15, 0.2) is 60.0 Å². The Kier molecular flexibility index (Phi) is 8.12. The molecule has 0 radical (unpaired) electrons. The van der Waals surface area contributed by atoms with Gasteiger partial charge in [0.15, 0.2) is 0 Å². The van der Waals surface area contributed by atoms with E-state index in [0.717, 1.165) is 59.8 Å². The second-order valence-corrected chi connectivity index (χ2v) is 10.9. The summed E-state index contributed by atoms with van der Waals surface area (Å²) in [6.07, 6.45) is 1.52. The van der Waals surface area contributed by atoms with Gasteiger partial charge in [0, 0.05) is 55.6 Å². The molecule has 13 heteroatoms. The third kappa shape index (κ3) is 6.11. The largest absolute Gasteiger partial charge is 0.354 e. The van der Waals surface area contributed by atoms with E-state index in [1.165, 1.54) is 6.33 Å². The maximum atomic E-state index is 10.5. The molecule has 6 rings (SSSR count). The summed E-state index contributed by atoms with van der Waals surface area (Å²) in [5, 5.41) is 10.5. The van der Waals surface area contributed by atoms with Crippen molar-refractivity contribution in [2.24, 2.45) is 5.18 Å². The van der Waals surface area contributed by atoms with Gasteiger partial charge in [0.1, 0.15) is 35.4 Å². The van der Waals surface area contributed by atoms with E-state index in [1.807, 2.05) is 73.9 Å². The highest BCUT2D eigenvalue weighted by molar-refractivity contribution is 6.31. The van der Waals surface area contributed by atoms with Gasteiger partial charge in [0.05, 0.1) is 17.6 Å². The number of hydrogen-bond acceptors (Lipinski definition) is 11. The van der Waals surface area contributed by atoms with Crippen LogP contribution in [0.1, 0.15) is 17.0 Å². The van der Waals surface area contributed by atoms with E-state index in [2.05, 4.69) is 45.5 Å². The van der Waals surface area contributed by atoms with Crippen LogP contribution in [-0.2, 0) is 0 Å². The van der Waals surface area contributed by atoms with Crippen LogP contribution in [0.5, 0.6) is 0 Å². The van der Waals surface area contributed by atoms with Crippen molar-refractivity contribution >= 4 is 51.7 Å². The molecule has 12 nitrogen and oxygen atoms in total. The van der Waals surface area contributed by atoms with Gasteiger partial charge in [-0.2, -0.15) is 4.91 Å². The molecule has 0 saturated carbocycles. The molecule has 4 heterocycles. The summed E-state index contributed by atoms with van der Waals surface area (Å²) in [6.45, 7) is 10.2. The highest BCUT2D eigenvalue weighted by atomic mass is 35.5. The van der Waals surface area contributed by atoms with Crippen molar-refractivity contribution in [3.05, 3.63) is 81.7 Å². The van der Waals surface area contributed by atoms with Crippen LogP contribution in [0.2, 0.25) is 5.02 Å². The second-order valence-electron chi connectivity index (χ2n) is 10.5. The molecule has 220 valence electrons. The number of rotatable bonds is 9. The molecule has 2 N–H and O–H groups in total. The van der Waals surface area contributed by atoms with E-state index in [-0.39, 0.29) is 0 Å². The summed E-state index contributed by atoms with van der Waals surface area (Å²) in [4.78, 5) is 38.2. The smallest absolute Gasteiger partial charge is 0.214 e. The summed E-state index contributed by atoms with van der Waals surface area (Å²) in [5.41, 5.74) is 4.63. The minimum Gasteiger partial charge on any atom is -0.354 e. The molecule has 3 aromatic heterocycles. The first kappa shape index (κ1) is 28.4. The zero-order valence-corrected chi connectivity index (χ0v) is 25.0. The highest BCUT2D eigenvalue weighted by Gasteiger charge is 2.20. The molecule has 0 spiro atoms. The molecule has 0 aliphatic carbocycles. The van der Waals surface area contributed by atoms with Gasteiger partial charge in [-0.1, -0.05) is 35.0 Å². The van der Waals surface area contributed by atoms with Crippen LogP contribution < -0.4 is 15.5 Å². The molecule has 1 saturated heterocycles. The molecule has 5 aromatic rings. The van der Waals surface area contributed by atoms with Crippen LogP contribution in [-0.4, -0.2) is 73.7 Å². The van der Waals surface area contributed by atoms with Gasteiger partial charge in [-0.15, -0.1) is 0 Å². The van der Waals surface area contributed by atoms with Crippen molar-refractivity contribution in [3.63, 3.8) is 0 Å². The third-order valence-electron chi connectivity index (χ3n) is 7.57. The third-order valence-corrected chi connectivity index (χ3v) is 7.98. The lowest BCUT2D eigenvalue weighted by Gasteiger charge is -2.35. The first-order valence-electron chi connectivity index (χ1n) is 14.1. The normalized spacial score (nSPS) is 13.8. The number of hydrogen-bond donors (Lipinski definition) is 2. The Morgan fingerprint density at radius 1 is 0.884 bits per heavy atom. The standard InChI is InChI=1S/C30H32ClN11O/c1-19-8-9-22(31)20(2)29(19)39-30-37-23-6-4-5-7-24(23)42(30)27-16-25(32-18-33-27)38-26-17-28(36-21(3)35-26)41-14-12-40(13-15-41)11-10-34-43/h4-9,16-18H,10-15H2,1-3H3,(H,37,39)(H,32,33,35,36,38). The van der Waals surface area contributed by atoms with E-state index < -0.39 is 0 Å². The number of nitrogens with one attached hydrogen (secondary N) is 2. The molecule has 1 aliphatic rings. The minimum absolute atomic E-state index is 0.313. The number of benzene rings is 2. The van der Waals surface area contributed by atoms with Crippen molar-refractivity contribution < 1.29 is 0 Å². The van der Waals surface area contributed by atoms with Crippen LogP contribution in [0.25, 0.3) is 16.9 Å². The van der Waals surface area contributed by atoms with E-state index in [4.69, 9.17) is 16.6 Å². The highest BCUT2D eigenvalue weighted by Crippen LogP contribution is 2.32. The summed E-state index contributed by atoms with van der Waals surface area (Å²) >= 11 is 6.46. The van der Waals surface area contributed by atoms with Gasteiger partial charge in [0.2, 0.25) is 5.95 Å².